The van der Waals surface area contributed by atoms with E-state index in [9.17, 15) is 19.6 Å². The molecule has 1 aromatic rings. The summed E-state index contributed by atoms with van der Waals surface area (Å²) in [5, 5.41) is 15.1. The summed E-state index contributed by atoms with van der Waals surface area (Å²) in [6.07, 6.45) is 2.28. The number of nitrogens with one attached hydrogen (secondary N) is 2. The molecule has 3 atom stereocenters. The van der Waals surface area contributed by atoms with Gasteiger partial charge in [0.05, 0.1) is 23.2 Å². The number of esters is 1. The van der Waals surface area contributed by atoms with E-state index in [1.165, 1.54) is 17.8 Å². The van der Waals surface area contributed by atoms with Crippen LogP contribution in [0.15, 0.2) is 36.9 Å². The molecule has 1 fully saturated rings. The Morgan fingerprint density at radius 2 is 2.11 bits per heavy atom. The highest BCUT2D eigenvalue weighted by molar-refractivity contribution is 8.01. The van der Waals surface area contributed by atoms with Crippen molar-refractivity contribution in [1.82, 2.24) is 9.80 Å². The van der Waals surface area contributed by atoms with E-state index in [1.807, 2.05) is 56.1 Å². The quantitative estimate of drug-likeness (QED) is 0.295. The fraction of sp³-hybridized carbons (Fsp3) is 0.520. The van der Waals surface area contributed by atoms with E-state index >= 15 is 0 Å². The zero-order valence-electron chi connectivity index (χ0n) is 20.7. The van der Waals surface area contributed by atoms with Gasteiger partial charge in [0.15, 0.2) is 0 Å². The molecular formula is C25H35N5O4S. The van der Waals surface area contributed by atoms with Crippen LogP contribution in [0.3, 0.4) is 0 Å². The Morgan fingerprint density at radius 3 is 2.77 bits per heavy atom. The molecule has 0 aliphatic carbocycles. The lowest BCUT2D eigenvalue weighted by atomic mass is 10.1. The van der Waals surface area contributed by atoms with Crippen LogP contribution in [0, 0.1) is 17.2 Å². The van der Waals surface area contributed by atoms with Crippen molar-refractivity contribution in [2.75, 3.05) is 50.5 Å². The number of nitrogens with zero attached hydrogens (tertiary/aromatic N) is 3. The lowest BCUT2D eigenvalue weighted by molar-refractivity contribution is -0.146. The second-order valence-corrected chi connectivity index (χ2v) is 9.60. The van der Waals surface area contributed by atoms with E-state index in [-0.39, 0.29) is 35.5 Å². The first-order valence-electron chi connectivity index (χ1n) is 11.8. The molecule has 35 heavy (non-hydrogen) atoms. The van der Waals surface area contributed by atoms with Crippen LogP contribution in [0.25, 0.3) is 0 Å². The van der Waals surface area contributed by atoms with Gasteiger partial charge in [0, 0.05) is 30.9 Å². The van der Waals surface area contributed by atoms with Gasteiger partial charge in [0.2, 0.25) is 11.8 Å². The largest absolute Gasteiger partial charge is 0.460 e. The first-order chi connectivity index (χ1) is 16.8. The van der Waals surface area contributed by atoms with E-state index in [0.717, 1.165) is 12.2 Å². The van der Waals surface area contributed by atoms with Crippen LogP contribution in [0.2, 0.25) is 0 Å². The van der Waals surface area contributed by atoms with Crippen LogP contribution < -0.4 is 10.6 Å². The number of hydrogen-bond donors (Lipinski definition) is 2. The lowest BCUT2D eigenvalue weighted by Crippen LogP contribution is -2.36. The number of hydrogen-bond acceptors (Lipinski definition) is 8. The first-order valence-corrected chi connectivity index (χ1v) is 12.7. The van der Waals surface area contributed by atoms with Gasteiger partial charge in [0.25, 0.3) is 0 Å². The number of carbonyl (C=O) groups is 3. The number of nitriles is 1. The predicted octanol–water partition coefficient (Wildman–Crippen LogP) is 2.93. The maximum absolute atomic E-state index is 12.9. The van der Waals surface area contributed by atoms with E-state index < -0.39 is 11.9 Å². The summed E-state index contributed by atoms with van der Waals surface area (Å²) in [5.41, 5.74) is 1.56. The van der Waals surface area contributed by atoms with Gasteiger partial charge >= 0.3 is 5.97 Å². The SMILES string of the molecule is C=CCOC(=O)C(C#N)CC1SC(CCNc2cccc(NC(=O)CN(C)CC)c2)C(=O)N1CC. The summed E-state index contributed by atoms with van der Waals surface area (Å²) in [4.78, 5) is 40.8. The Balaban J connectivity index is 1.90. The number of thioether (sulfide) groups is 1. The Hall–Kier alpha value is -3.03. The lowest BCUT2D eigenvalue weighted by Gasteiger charge is -2.23. The molecule has 9 nitrogen and oxygen atoms in total. The molecule has 10 heteroatoms. The molecule has 1 heterocycles. The summed E-state index contributed by atoms with van der Waals surface area (Å²) in [6, 6.07) is 9.47. The zero-order valence-corrected chi connectivity index (χ0v) is 21.5. The Morgan fingerprint density at radius 1 is 1.37 bits per heavy atom. The molecule has 2 amide bonds. The topological polar surface area (TPSA) is 115 Å². The van der Waals surface area contributed by atoms with Crippen molar-refractivity contribution in [2.24, 2.45) is 5.92 Å². The monoisotopic (exact) mass is 501 g/mol. The minimum absolute atomic E-state index is 0.0153. The average Bonchev–Trinajstić information content (AvgIpc) is 3.14. The van der Waals surface area contributed by atoms with Gasteiger partial charge in [-0.05, 0) is 45.1 Å². The molecular weight excluding hydrogens is 466 g/mol. The van der Waals surface area contributed by atoms with Crippen molar-refractivity contribution in [3.63, 3.8) is 0 Å². The fourth-order valence-corrected chi connectivity index (χ4v) is 5.23. The molecule has 1 saturated heterocycles. The maximum atomic E-state index is 12.9. The zero-order chi connectivity index (χ0) is 25.8. The standard InChI is InChI=1S/C25H35N5O4S/c1-5-13-34-25(33)18(16-26)14-23-30(7-3)24(32)21(35-23)11-12-27-19-9-8-10-20(15-19)28-22(31)17-29(4)6-2/h5,8-10,15,18,21,23,27H,1,6-7,11-14,17H2,2-4H3,(H,28,31). The maximum Gasteiger partial charge on any atom is 0.323 e. The normalized spacial score (nSPS) is 18.1. The smallest absolute Gasteiger partial charge is 0.323 e. The van der Waals surface area contributed by atoms with E-state index in [1.54, 1.807) is 4.90 Å². The Kier molecular flexibility index (Phi) is 11.6. The molecule has 3 unspecified atom stereocenters. The Bertz CT molecular complexity index is 935. The van der Waals surface area contributed by atoms with E-state index in [4.69, 9.17) is 4.74 Å². The third kappa shape index (κ3) is 8.60. The number of carbonyl (C=O) groups excluding carboxylic acids is 3. The molecule has 0 spiro atoms. The second kappa shape index (κ2) is 14.4. The van der Waals surface area contributed by atoms with Gasteiger partial charge in [-0.3, -0.25) is 19.3 Å². The third-order valence-electron chi connectivity index (χ3n) is 5.62. The van der Waals surface area contributed by atoms with Crippen LogP contribution in [0.1, 0.15) is 26.7 Å². The second-order valence-electron chi connectivity index (χ2n) is 8.21. The van der Waals surface area contributed by atoms with Crippen molar-refractivity contribution < 1.29 is 19.1 Å². The molecule has 0 bridgehead atoms. The van der Waals surface area contributed by atoms with Gasteiger partial charge in [-0.1, -0.05) is 25.6 Å². The number of anilines is 2. The molecule has 0 saturated carbocycles. The van der Waals surface area contributed by atoms with Crippen molar-refractivity contribution >= 4 is 40.9 Å². The van der Waals surface area contributed by atoms with Gasteiger partial charge in [-0.2, -0.15) is 5.26 Å². The predicted molar refractivity (Wildman–Crippen MR) is 139 cm³/mol. The summed E-state index contributed by atoms with van der Waals surface area (Å²) in [5.74, 6) is -1.58. The molecule has 0 radical (unpaired) electrons. The molecule has 1 aliphatic rings. The molecule has 1 aromatic carbocycles. The number of likely N-dealkylation sites (N-methyl/N-ethyl adjacent to an activating group) is 1. The van der Waals surface area contributed by atoms with E-state index in [0.29, 0.717) is 31.7 Å². The molecule has 190 valence electrons. The van der Waals surface area contributed by atoms with Crippen LogP contribution >= 0.6 is 11.8 Å². The van der Waals surface area contributed by atoms with E-state index in [2.05, 4.69) is 17.2 Å². The molecule has 0 aromatic heterocycles. The van der Waals surface area contributed by atoms with Crippen molar-refractivity contribution in [3.05, 3.63) is 36.9 Å². The third-order valence-corrected chi connectivity index (χ3v) is 7.15. The summed E-state index contributed by atoms with van der Waals surface area (Å²) < 4.78 is 5.02. The Labute approximate surface area is 211 Å². The molecule has 2 rings (SSSR count). The van der Waals surface area contributed by atoms with Crippen LogP contribution in [0.5, 0.6) is 0 Å². The van der Waals surface area contributed by atoms with Gasteiger partial charge in [-0.15, -0.1) is 11.8 Å². The van der Waals surface area contributed by atoms with Crippen molar-refractivity contribution in [1.29, 1.82) is 5.26 Å². The van der Waals surface area contributed by atoms with Gasteiger partial charge in [-0.25, -0.2) is 0 Å². The van der Waals surface area contributed by atoms with Crippen LogP contribution in [-0.4, -0.2) is 78.0 Å². The van der Waals surface area contributed by atoms with Gasteiger partial charge < -0.3 is 20.3 Å². The summed E-state index contributed by atoms with van der Waals surface area (Å²) in [6.45, 7) is 9.63. The number of amides is 2. The average molecular weight is 502 g/mol. The van der Waals surface area contributed by atoms with Crippen molar-refractivity contribution in [2.45, 2.75) is 37.3 Å². The summed E-state index contributed by atoms with van der Waals surface area (Å²) >= 11 is 1.49. The van der Waals surface area contributed by atoms with Crippen LogP contribution in [-0.2, 0) is 19.1 Å². The molecule has 1 aliphatic heterocycles. The molecule has 2 N–H and O–H groups in total. The number of rotatable bonds is 14. The van der Waals surface area contributed by atoms with Crippen LogP contribution in [0.4, 0.5) is 11.4 Å². The first kappa shape index (κ1) is 28.2. The highest BCUT2D eigenvalue weighted by Gasteiger charge is 2.41. The minimum Gasteiger partial charge on any atom is -0.460 e. The minimum atomic E-state index is -0.929. The summed E-state index contributed by atoms with van der Waals surface area (Å²) in [7, 11) is 1.89. The number of benzene rings is 1. The highest BCUT2D eigenvalue weighted by atomic mass is 32.2. The highest BCUT2D eigenvalue weighted by Crippen LogP contribution is 2.37. The number of ether oxygens (including phenoxy) is 1. The van der Waals surface area contributed by atoms with Crippen molar-refractivity contribution in [3.8, 4) is 6.07 Å². The fourth-order valence-electron chi connectivity index (χ4n) is 3.64. The van der Waals surface area contributed by atoms with Gasteiger partial charge in [0.1, 0.15) is 12.5 Å².